The van der Waals surface area contributed by atoms with Gasteiger partial charge in [0, 0.05) is 6.20 Å². The molecule has 8 heteroatoms. The summed E-state index contributed by atoms with van der Waals surface area (Å²) in [5, 5.41) is 7.05. The number of hydrogen-bond acceptors (Lipinski definition) is 5. The molecule has 0 aliphatic carbocycles. The van der Waals surface area contributed by atoms with Crippen molar-refractivity contribution in [2.24, 2.45) is 5.73 Å². The van der Waals surface area contributed by atoms with Crippen LogP contribution in [0.5, 0.6) is 0 Å². The van der Waals surface area contributed by atoms with Crippen LogP contribution in [-0.2, 0) is 10.0 Å². The van der Waals surface area contributed by atoms with Gasteiger partial charge in [-0.15, -0.1) is 5.10 Å². The Morgan fingerprint density at radius 2 is 2.36 bits per heavy atom. The molecule has 0 aliphatic rings. The molecule has 0 amide bonds. The van der Waals surface area contributed by atoms with Crippen LogP contribution < -0.4 is 10.5 Å². The molecule has 1 rings (SSSR count). The summed E-state index contributed by atoms with van der Waals surface area (Å²) in [6, 6.07) is 3.04. The van der Waals surface area contributed by atoms with E-state index >= 15 is 0 Å². The molecule has 0 spiro atoms. The van der Waals surface area contributed by atoms with E-state index in [1.807, 2.05) is 0 Å². The molecule has 0 bridgehead atoms. The first-order valence-electron chi connectivity index (χ1n) is 3.56. The van der Waals surface area contributed by atoms with Crippen molar-refractivity contribution in [2.45, 2.75) is 0 Å². The van der Waals surface area contributed by atoms with Crippen molar-refractivity contribution in [3.8, 4) is 0 Å². The molecule has 0 unspecified atom stereocenters. The lowest BCUT2D eigenvalue weighted by molar-refractivity contribution is 0.604. The highest BCUT2D eigenvalue weighted by molar-refractivity contribution is 7.95. The van der Waals surface area contributed by atoms with Gasteiger partial charge in [0.25, 0.3) is 0 Å². The predicted octanol–water partition coefficient (Wildman–Crippen LogP) is -0.496. The van der Waals surface area contributed by atoms with Crippen molar-refractivity contribution in [1.29, 1.82) is 0 Å². The molecule has 1 heterocycles. The second-order valence-electron chi connectivity index (χ2n) is 2.44. The predicted molar refractivity (Wildman–Crippen MR) is 56.2 cm³/mol. The minimum Gasteiger partial charge on any atom is -0.392 e. The standard InChI is InChI=1S/C6H8N4O2S2/c7-5(13)4-14(11,12)10-6-2-1-3-8-9-6/h1-3H,4H2,(H2,7,13)(H,9,10). The normalized spacial score (nSPS) is 10.9. The van der Waals surface area contributed by atoms with E-state index < -0.39 is 15.8 Å². The zero-order valence-corrected chi connectivity index (χ0v) is 8.68. The lowest BCUT2D eigenvalue weighted by atomic mass is 10.6. The maximum atomic E-state index is 11.3. The van der Waals surface area contributed by atoms with Crippen molar-refractivity contribution in [3.05, 3.63) is 18.3 Å². The van der Waals surface area contributed by atoms with Crippen LogP contribution in [-0.4, -0.2) is 29.4 Å². The van der Waals surface area contributed by atoms with E-state index in [2.05, 4.69) is 27.1 Å². The Morgan fingerprint density at radius 1 is 1.64 bits per heavy atom. The first-order chi connectivity index (χ1) is 6.49. The lowest BCUT2D eigenvalue weighted by Crippen LogP contribution is -2.26. The van der Waals surface area contributed by atoms with E-state index in [1.54, 1.807) is 6.07 Å². The SMILES string of the molecule is NC(=S)CS(=O)(=O)Nc1cccnn1. The van der Waals surface area contributed by atoms with Gasteiger partial charge in [0.1, 0.15) is 5.75 Å². The van der Waals surface area contributed by atoms with Crippen LogP contribution in [0.3, 0.4) is 0 Å². The van der Waals surface area contributed by atoms with Gasteiger partial charge in [-0.25, -0.2) is 8.42 Å². The number of anilines is 1. The van der Waals surface area contributed by atoms with Crippen molar-refractivity contribution in [1.82, 2.24) is 10.2 Å². The number of hydrogen-bond donors (Lipinski definition) is 2. The smallest absolute Gasteiger partial charge is 0.240 e. The highest BCUT2D eigenvalue weighted by Crippen LogP contribution is 2.01. The third-order valence-corrected chi connectivity index (χ3v) is 2.70. The summed E-state index contributed by atoms with van der Waals surface area (Å²) in [6.07, 6.45) is 1.44. The fourth-order valence-electron chi connectivity index (χ4n) is 0.739. The van der Waals surface area contributed by atoms with Crippen LogP contribution in [0.25, 0.3) is 0 Å². The summed E-state index contributed by atoms with van der Waals surface area (Å²) >= 11 is 4.48. The number of nitrogens with one attached hydrogen (secondary N) is 1. The Morgan fingerprint density at radius 3 is 2.86 bits per heavy atom. The quantitative estimate of drug-likeness (QED) is 0.679. The fraction of sp³-hybridized carbons (Fsp3) is 0.167. The molecule has 0 aromatic carbocycles. The minimum absolute atomic E-state index is 0.0959. The molecule has 1 aromatic heterocycles. The Balaban J connectivity index is 2.74. The summed E-state index contributed by atoms with van der Waals surface area (Å²) in [5.41, 5.74) is 5.11. The first-order valence-corrected chi connectivity index (χ1v) is 5.62. The molecule has 14 heavy (non-hydrogen) atoms. The van der Waals surface area contributed by atoms with Gasteiger partial charge in [0.05, 0.1) is 4.99 Å². The second kappa shape index (κ2) is 4.29. The Bertz CT molecular complexity index is 417. The largest absolute Gasteiger partial charge is 0.392 e. The van der Waals surface area contributed by atoms with Gasteiger partial charge in [-0.05, 0) is 12.1 Å². The van der Waals surface area contributed by atoms with Crippen LogP contribution in [0.15, 0.2) is 18.3 Å². The van der Waals surface area contributed by atoms with Crippen molar-refractivity contribution < 1.29 is 8.42 Å². The summed E-state index contributed by atoms with van der Waals surface area (Å²) in [6.45, 7) is 0. The highest BCUT2D eigenvalue weighted by atomic mass is 32.2. The Hall–Kier alpha value is -1.28. The van der Waals surface area contributed by atoms with Crippen molar-refractivity contribution in [3.63, 3.8) is 0 Å². The van der Waals surface area contributed by atoms with Gasteiger partial charge in [0.15, 0.2) is 5.82 Å². The van der Waals surface area contributed by atoms with Crippen LogP contribution in [0.4, 0.5) is 5.82 Å². The molecule has 3 N–H and O–H groups in total. The average Bonchev–Trinajstić information content (AvgIpc) is 2.02. The zero-order valence-electron chi connectivity index (χ0n) is 7.04. The van der Waals surface area contributed by atoms with Gasteiger partial charge >= 0.3 is 0 Å². The van der Waals surface area contributed by atoms with E-state index in [4.69, 9.17) is 5.73 Å². The van der Waals surface area contributed by atoms with E-state index in [0.29, 0.717) is 0 Å². The molecule has 0 radical (unpaired) electrons. The maximum Gasteiger partial charge on any atom is 0.240 e. The molecule has 0 atom stereocenters. The van der Waals surface area contributed by atoms with Gasteiger partial charge in [-0.2, -0.15) is 5.10 Å². The third-order valence-electron chi connectivity index (χ3n) is 1.16. The summed E-state index contributed by atoms with van der Waals surface area (Å²) in [4.78, 5) is -0.0959. The molecule has 1 aromatic rings. The Kier molecular flexibility index (Phi) is 3.31. The van der Waals surface area contributed by atoms with E-state index in [0.717, 1.165) is 0 Å². The van der Waals surface area contributed by atoms with E-state index in [-0.39, 0.29) is 10.8 Å². The van der Waals surface area contributed by atoms with E-state index in [1.165, 1.54) is 12.3 Å². The molecule has 0 fully saturated rings. The maximum absolute atomic E-state index is 11.3. The Labute approximate surface area is 86.6 Å². The number of rotatable bonds is 4. The molecule has 6 nitrogen and oxygen atoms in total. The molecule has 0 saturated carbocycles. The van der Waals surface area contributed by atoms with Crippen LogP contribution >= 0.6 is 12.2 Å². The minimum atomic E-state index is -3.55. The van der Waals surface area contributed by atoms with Gasteiger partial charge < -0.3 is 5.73 Å². The third kappa shape index (κ3) is 3.62. The van der Waals surface area contributed by atoms with Crippen molar-refractivity contribution in [2.75, 3.05) is 10.5 Å². The van der Waals surface area contributed by atoms with Crippen molar-refractivity contribution >= 4 is 33.0 Å². The molecule has 0 saturated heterocycles. The van der Waals surface area contributed by atoms with Gasteiger partial charge in [-0.3, -0.25) is 4.72 Å². The number of aromatic nitrogens is 2. The molecule has 76 valence electrons. The van der Waals surface area contributed by atoms with E-state index in [9.17, 15) is 8.42 Å². The zero-order chi connectivity index (χ0) is 10.6. The monoisotopic (exact) mass is 232 g/mol. The number of nitrogens with zero attached hydrogens (tertiary/aromatic N) is 2. The summed E-state index contributed by atoms with van der Waals surface area (Å²) in [5.74, 6) is -0.262. The lowest BCUT2D eigenvalue weighted by Gasteiger charge is -2.04. The number of thiocarbonyl (C=S) groups is 1. The molecule has 0 aliphatic heterocycles. The van der Waals surface area contributed by atoms with Gasteiger partial charge in [-0.1, -0.05) is 12.2 Å². The highest BCUT2D eigenvalue weighted by Gasteiger charge is 2.12. The van der Waals surface area contributed by atoms with Gasteiger partial charge in [0.2, 0.25) is 10.0 Å². The number of sulfonamides is 1. The van der Waals surface area contributed by atoms with Crippen LogP contribution in [0.1, 0.15) is 0 Å². The van der Waals surface area contributed by atoms with Crippen LogP contribution in [0.2, 0.25) is 0 Å². The fourth-order valence-corrected chi connectivity index (χ4v) is 2.08. The topological polar surface area (TPSA) is 98.0 Å². The summed E-state index contributed by atoms with van der Waals surface area (Å²) < 4.78 is 24.7. The van der Waals surface area contributed by atoms with Crippen LogP contribution in [0, 0.1) is 0 Å². The summed E-state index contributed by atoms with van der Waals surface area (Å²) in [7, 11) is -3.55. The second-order valence-corrected chi connectivity index (χ2v) is 4.68. The average molecular weight is 232 g/mol. The number of nitrogens with two attached hydrogens (primary N) is 1. The first kappa shape index (κ1) is 10.8. The molecular formula is C6H8N4O2S2. The molecular weight excluding hydrogens is 224 g/mol.